The van der Waals surface area contributed by atoms with Crippen molar-refractivity contribution in [3.8, 4) is 6.07 Å². The largest absolute Gasteiger partial charge is 0.389 e. The second kappa shape index (κ2) is 8.93. The van der Waals surface area contributed by atoms with Crippen LogP contribution in [-0.2, 0) is 21.3 Å². The van der Waals surface area contributed by atoms with Crippen LogP contribution in [0.1, 0.15) is 5.56 Å². The third-order valence-electron chi connectivity index (χ3n) is 3.47. The Morgan fingerprint density at radius 3 is 2.56 bits per heavy atom. The third-order valence-corrected chi connectivity index (χ3v) is 4.32. The molecule has 0 saturated carbocycles. The van der Waals surface area contributed by atoms with Crippen molar-refractivity contribution in [1.29, 1.82) is 5.26 Å². The Hall–Kier alpha value is -3.22. The molecule has 2 rings (SSSR count). The van der Waals surface area contributed by atoms with Gasteiger partial charge in [0.05, 0.1) is 4.90 Å². The topological polar surface area (TPSA) is 119 Å². The number of anilines is 1. The molecule has 7 nitrogen and oxygen atoms in total. The lowest BCUT2D eigenvalue weighted by atomic mass is 10.1. The Morgan fingerprint density at radius 2 is 1.93 bits per heavy atom. The van der Waals surface area contributed by atoms with Gasteiger partial charge in [-0.2, -0.15) is 13.7 Å². The molecule has 140 valence electrons. The number of halogens is 1. The summed E-state index contributed by atoms with van der Waals surface area (Å²) < 4.78 is 44.1. The summed E-state index contributed by atoms with van der Waals surface area (Å²) in [7, 11) is -4.40. The Morgan fingerprint density at radius 1 is 1.22 bits per heavy atom. The molecule has 0 spiro atoms. The van der Waals surface area contributed by atoms with Crippen LogP contribution in [-0.4, -0.2) is 25.4 Å². The molecule has 1 amide bonds. The van der Waals surface area contributed by atoms with E-state index in [1.54, 1.807) is 18.2 Å². The van der Waals surface area contributed by atoms with Gasteiger partial charge in [-0.05, 0) is 42.3 Å². The van der Waals surface area contributed by atoms with Crippen LogP contribution in [0.3, 0.4) is 0 Å². The number of amides is 1. The first-order valence-electron chi connectivity index (χ1n) is 7.76. The van der Waals surface area contributed by atoms with E-state index in [1.807, 2.05) is 0 Å². The van der Waals surface area contributed by atoms with Crippen LogP contribution >= 0.6 is 0 Å². The van der Waals surface area contributed by atoms with Crippen LogP contribution in [0.25, 0.3) is 0 Å². The summed E-state index contributed by atoms with van der Waals surface area (Å²) in [4.78, 5) is 11.7. The van der Waals surface area contributed by atoms with Crippen LogP contribution in [0.5, 0.6) is 0 Å². The minimum Gasteiger partial charge on any atom is -0.389 e. The molecule has 3 N–H and O–H groups in total. The molecule has 9 heteroatoms. The van der Waals surface area contributed by atoms with Crippen molar-refractivity contribution in [1.82, 2.24) is 5.32 Å². The van der Waals surface area contributed by atoms with E-state index in [9.17, 15) is 17.6 Å². The van der Waals surface area contributed by atoms with Crippen LogP contribution in [0.4, 0.5) is 10.1 Å². The monoisotopic (exact) mass is 389 g/mol. The van der Waals surface area contributed by atoms with E-state index in [-0.39, 0.29) is 22.0 Å². The van der Waals surface area contributed by atoms with Gasteiger partial charge in [0.25, 0.3) is 16.0 Å². The Bertz CT molecular complexity index is 996. The summed E-state index contributed by atoms with van der Waals surface area (Å²) >= 11 is 0. The lowest BCUT2D eigenvalue weighted by Crippen LogP contribution is -2.18. The number of carbonyl (C=O) groups excluding carboxylic acids is 1. The number of nitriles is 1. The van der Waals surface area contributed by atoms with Crippen LogP contribution < -0.4 is 10.6 Å². The summed E-state index contributed by atoms with van der Waals surface area (Å²) in [5.41, 5.74) is 0.788. The normalized spacial score (nSPS) is 11.5. The van der Waals surface area contributed by atoms with Crippen LogP contribution in [0, 0.1) is 17.1 Å². The highest BCUT2D eigenvalue weighted by molar-refractivity contribution is 7.85. The predicted octanol–water partition coefficient (Wildman–Crippen LogP) is 2.25. The first kappa shape index (κ1) is 20.1. The molecule has 0 heterocycles. The van der Waals surface area contributed by atoms with Gasteiger partial charge < -0.3 is 10.6 Å². The predicted molar refractivity (Wildman–Crippen MR) is 96.7 cm³/mol. The minimum absolute atomic E-state index is 0.114. The summed E-state index contributed by atoms with van der Waals surface area (Å²) in [5, 5.41) is 14.3. The second-order valence-electron chi connectivity index (χ2n) is 5.46. The lowest BCUT2D eigenvalue weighted by molar-refractivity contribution is -0.112. The van der Waals surface area contributed by atoms with Gasteiger partial charge in [0.15, 0.2) is 0 Å². The SMILES string of the molecule is N#C/C(=C/NCCc1ccc(F)cc1)C(=O)Nc1cccc(S(=O)(=O)O)c1. The van der Waals surface area contributed by atoms with Gasteiger partial charge in [-0.25, -0.2) is 4.39 Å². The van der Waals surface area contributed by atoms with Crippen molar-refractivity contribution in [2.75, 3.05) is 11.9 Å². The van der Waals surface area contributed by atoms with E-state index in [0.717, 1.165) is 11.6 Å². The van der Waals surface area contributed by atoms with Crippen molar-refractivity contribution in [2.24, 2.45) is 0 Å². The molecule has 0 saturated heterocycles. The molecule has 2 aromatic carbocycles. The summed E-state index contributed by atoms with van der Waals surface area (Å²) in [6.45, 7) is 0.419. The smallest absolute Gasteiger partial charge is 0.294 e. The van der Waals surface area contributed by atoms with Gasteiger partial charge in [0.1, 0.15) is 17.5 Å². The molecule has 0 aromatic heterocycles. The molecule has 0 unspecified atom stereocenters. The van der Waals surface area contributed by atoms with E-state index < -0.39 is 16.0 Å². The maximum atomic E-state index is 12.8. The summed E-state index contributed by atoms with van der Waals surface area (Å²) in [5.74, 6) is -1.06. The van der Waals surface area contributed by atoms with E-state index in [4.69, 9.17) is 9.81 Å². The quantitative estimate of drug-likeness (QED) is 0.289. The van der Waals surface area contributed by atoms with Gasteiger partial charge in [-0.3, -0.25) is 9.35 Å². The fraction of sp³-hybridized carbons (Fsp3) is 0.111. The lowest BCUT2D eigenvalue weighted by Gasteiger charge is -2.06. The molecule has 0 radical (unpaired) electrons. The summed E-state index contributed by atoms with van der Waals surface area (Å²) in [6, 6.07) is 12.7. The zero-order chi connectivity index (χ0) is 19.9. The molecule has 0 aliphatic rings. The van der Waals surface area contributed by atoms with Crippen molar-refractivity contribution in [3.05, 3.63) is 71.7 Å². The first-order chi connectivity index (χ1) is 12.8. The first-order valence-corrected chi connectivity index (χ1v) is 9.20. The fourth-order valence-corrected chi connectivity index (χ4v) is 2.65. The Kier molecular flexibility index (Phi) is 6.65. The Balaban J connectivity index is 1.96. The van der Waals surface area contributed by atoms with Crippen molar-refractivity contribution in [2.45, 2.75) is 11.3 Å². The molecule has 0 aliphatic heterocycles. The minimum atomic E-state index is -4.40. The van der Waals surface area contributed by atoms with Crippen LogP contribution in [0.15, 0.2) is 65.2 Å². The molecule has 2 aromatic rings. The number of benzene rings is 2. The van der Waals surface area contributed by atoms with Crippen molar-refractivity contribution < 1.29 is 22.2 Å². The average molecular weight is 389 g/mol. The second-order valence-corrected chi connectivity index (χ2v) is 6.88. The number of hydrogen-bond donors (Lipinski definition) is 3. The van der Waals surface area contributed by atoms with Gasteiger partial charge in [0, 0.05) is 18.4 Å². The van der Waals surface area contributed by atoms with Crippen molar-refractivity contribution >= 4 is 21.7 Å². The van der Waals surface area contributed by atoms with E-state index in [2.05, 4.69) is 10.6 Å². The number of nitrogens with zero attached hydrogens (tertiary/aromatic N) is 1. The highest BCUT2D eigenvalue weighted by atomic mass is 32.2. The van der Waals surface area contributed by atoms with Gasteiger partial charge >= 0.3 is 0 Å². The molecule has 0 aliphatic carbocycles. The van der Waals surface area contributed by atoms with Crippen molar-refractivity contribution in [3.63, 3.8) is 0 Å². The van der Waals surface area contributed by atoms with Gasteiger partial charge in [0.2, 0.25) is 0 Å². The van der Waals surface area contributed by atoms with E-state index >= 15 is 0 Å². The summed E-state index contributed by atoms with van der Waals surface area (Å²) in [6.07, 6.45) is 1.80. The van der Waals surface area contributed by atoms with E-state index in [0.29, 0.717) is 13.0 Å². The number of nitrogens with one attached hydrogen (secondary N) is 2. The zero-order valence-corrected chi connectivity index (χ0v) is 14.8. The zero-order valence-electron chi connectivity index (χ0n) is 14.0. The maximum Gasteiger partial charge on any atom is 0.294 e. The fourth-order valence-electron chi connectivity index (χ4n) is 2.12. The highest BCUT2D eigenvalue weighted by Crippen LogP contribution is 2.15. The number of hydrogen-bond acceptors (Lipinski definition) is 5. The van der Waals surface area contributed by atoms with Crippen LogP contribution in [0.2, 0.25) is 0 Å². The molecule has 27 heavy (non-hydrogen) atoms. The molecule has 0 atom stereocenters. The number of rotatable bonds is 7. The highest BCUT2D eigenvalue weighted by Gasteiger charge is 2.13. The Labute approximate surface area is 155 Å². The van der Waals surface area contributed by atoms with Gasteiger partial charge in [-0.15, -0.1) is 0 Å². The van der Waals surface area contributed by atoms with Gasteiger partial charge in [-0.1, -0.05) is 18.2 Å². The standard InChI is InChI=1S/C18H16FN3O4S/c19-15-6-4-13(5-7-15)8-9-21-12-14(11-20)18(23)22-16-2-1-3-17(10-16)27(24,25)26/h1-7,10,12,21H,8-9H2,(H,22,23)(H,24,25,26)/b14-12-. The maximum absolute atomic E-state index is 12.8. The molecule has 0 fully saturated rings. The number of carbonyl (C=O) groups is 1. The molecular formula is C18H16FN3O4S. The average Bonchev–Trinajstić information content (AvgIpc) is 2.62. The third kappa shape index (κ3) is 6.22. The molecule has 0 bridgehead atoms. The molecular weight excluding hydrogens is 373 g/mol. The van der Waals surface area contributed by atoms with E-state index in [1.165, 1.54) is 36.5 Å².